The van der Waals surface area contributed by atoms with Gasteiger partial charge in [-0.25, -0.2) is 4.39 Å². The summed E-state index contributed by atoms with van der Waals surface area (Å²) in [6, 6.07) is 2.17. The molecule has 140 valence electrons. The minimum atomic E-state index is -0.307. The van der Waals surface area contributed by atoms with Crippen molar-refractivity contribution < 1.29 is 9.18 Å². The van der Waals surface area contributed by atoms with E-state index in [2.05, 4.69) is 17.2 Å². The highest BCUT2D eigenvalue weighted by atomic mass is 19.1. The van der Waals surface area contributed by atoms with Gasteiger partial charge in [0.1, 0.15) is 0 Å². The maximum absolute atomic E-state index is 15.3. The molecular weight excluding hydrogens is 329 g/mol. The summed E-state index contributed by atoms with van der Waals surface area (Å²) in [7, 11) is 1.71. The first-order valence-corrected chi connectivity index (χ1v) is 9.47. The largest absolute Gasteiger partial charge is 0.385 e. The van der Waals surface area contributed by atoms with Gasteiger partial charge in [-0.15, -0.1) is 0 Å². The third kappa shape index (κ3) is 3.22. The SMILES string of the molecule is C=C1C(C(C)=O)=CN(CC)c2cc(NC3CCCCC3)c(F)c(NC)c21. The van der Waals surface area contributed by atoms with Crippen LogP contribution in [0.1, 0.15) is 51.5 Å². The zero-order chi connectivity index (χ0) is 18.8. The molecule has 2 N–H and O–H groups in total. The van der Waals surface area contributed by atoms with E-state index in [1.165, 1.54) is 26.2 Å². The summed E-state index contributed by atoms with van der Waals surface area (Å²) in [5.74, 6) is -0.371. The van der Waals surface area contributed by atoms with Crippen LogP contribution in [0.2, 0.25) is 0 Å². The molecule has 0 unspecified atom stereocenters. The smallest absolute Gasteiger partial charge is 0.170 e. The fourth-order valence-corrected chi connectivity index (χ4v) is 3.99. The molecule has 0 radical (unpaired) electrons. The topological polar surface area (TPSA) is 44.4 Å². The Morgan fingerprint density at radius 2 is 2.04 bits per heavy atom. The summed E-state index contributed by atoms with van der Waals surface area (Å²) in [5, 5.41) is 6.40. The third-order valence-corrected chi connectivity index (χ3v) is 5.40. The summed E-state index contributed by atoms with van der Waals surface area (Å²) < 4.78 is 15.3. The van der Waals surface area contributed by atoms with Gasteiger partial charge in [-0.2, -0.15) is 0 Å². The summed E-state index contributed by atoms with van der Waals surface area (Å²) in [4.78, 5) is 14.0. The summed E-state index contributed by atoms with van der Waals surface area (Å²) in [6.07, 6.45) is 7.61. The fraction of sp³-hybridized carbons (Fsp3) is 0.476. The highest BCUT2D eigenvalue weighted by Gasteiger charge is 2.29. The second-order valence-corrected chi connectivity index (χ2v) is 7.10. The predicted molar refractivity (Wildman–Crippen MR) is 107 cm³/mol. The normalized spacial score (nSPS) is 17.6. The van der Waals surface area contributed by atoms with E-state index in [-0.39, 0.29) is 11.6 Å². The number of nitrogens with zero attached hydrogens (tertiary/aromatic N) is 1. The van der Waals surface area contributed by atoms with Crippen LogP contribution < -0.4 is 15.5 Å². The molecule has 0 atom stereocenters. The minimum Gasteiger partial charge on any atom is -0.385 e. The van der Waals surface area contributed by atoms with E-state index >= 15 is 4.39 Å². The van der Waals surface area contributed by atoms with Crippen LogP contribution in [-0.4, -0.2) is 25.4 Å². The number of fused-ring (bicyclic) bond motifs is 1. The predicted octanol–water partition coefficient (Wildman–Crippen LogP) is 4.94. The first-order valence-electron chi connectivity index (χ1n) is 9.47. The van der Waals surface area contributed by atoms with E-state index in [9.17, 15) is 4.79 Å². The number of halogens is 1. The number of Topliss-reactive ketones (excluding diaryl/α,β-unsaturated/α-hetero) is 1. The van der Waals surface area contributed by atoms with Crippen LogP contribution in [0.3, 0.4) is 0 Å². The van der Waals surface area contributed by atoms with Crippen LogP contribution in [0.15, 0.2) is 24.4 Å². The van der Waals surface area contributed by atoms with Gasteiger partial charge in [0.25, 0.3) is 0 Å². The molecule has 0 spiro atoms. The van der Waals surface area contributed by atoms with Crippen molar-refractivity contribution in [2.24, 2.45) is 0 Å². The van der Waals surface area contributed by atoms with E-state index in [1.54, 1.807) is 7.05 Å². The molecular formula is C21H28FN3O. The molecule has 1 aliphatic heterocycles. The van der Waals surface area contributed by atoms with Gasteiger partial charge in [0.05, 0.1) is 17.1 Å². The Bertz CT molecular complexity index is 763. The molecule has 1 aliphatic carbocycles. The molecule has 0 bridgehead atoms. The van der Waals surface area contributed by atoms with Gasteiger partial charge < -0.3 is 15.5 Å². The first-order chi connectivity index (χ1) is 12.5. The number of rotatable bonds is 5. The Balaban J connectivity index is 2.09. The average Bonchev–Trinajstić information content (AvgIpc) is 2.64. The average molecular weight is 357 g/mol. The van der Waals surface area contributed by atoms with Crippen LogP contribution in [-0.2, 0) is 4.79 Å². The van der Waals surface area contributed by atoms with Crippen LogP contribution in [0, 0.1) is 5.82 Å². The molecule has 1 heterocycles. The molecule has 4 nitrogen and oxygen atoms in total. The van der Waals surface area contributed by atoms with E-state index in [0.717, 1.165) is 18.5 Å². The number of allylic oxidation sites excluding steroid dienone is 2. The summed E-state index contributed by atoms with van der Waals surface area (Å²) >= 11 is 0. The van der Waals surface area contributed by atoms with Gasteiger partial charge in [0.15, 0.2) is 11.6 Å². The van der Waals surface area contributed by atoms with Gasteiger partial charge in [-0.1, -0.05) is 25.8 Å². The number of hydrogen-bond donors (Lipinski definition) is 2. The quantitative estimate of drug-likeness (QED) is 0.783. The zero-order valence-electron chi connectivity index (χ0n) is 15.9. The van der Waals surface area contributed by atoms with E-state index in [4.69, 9.17) is 0 Å². The zero-order valence-corrected chi connectivity index (χ0v) is 15.9. The fourth-order valence-electron chi connectivity index (χ4n) is 3.99. The lowest BCUT2D eigenvalue weighted by Gasteiger charge is -2.33. The standard InChI is InChI=1S/C21H28FN3O/c1-5-25-12-16(14(3)26)13(2)19-18(25)11-17(20(22)21(19)23-4)24-15-9-7-6-8-10-15/h11-12,15,23-24H,2,5-10H2,1,3-4H3. The summed E-state index contributed by atoms with van der Waals surface area (Å²) in [6.45, 7) is 8.30. The van der Waals surface area contributed by atoms with Crippen LogP contribution in [0.5, 0.6) is 0 Å². The Hall–Kier alpha value is -2.30. The number of ketones is 1. The molecule has 1 saturated carbocycles. The lowest BCUT2D eigenvalue weighted by molar-refractivity contribution is -0.113. The van der Waals surface area contributed by atoms with Crippen LogP contribution >= 0.6 is 0 Å². The molecule has 2 aliphatic rings. The number of anilines is 3. The molecule has 26 heavy (non-hydrogen) atoms. The summed E-state index contributed by atoms with van der Waals surface area (Å²) in [5.41, 5.74) is 3.58. The molecule has 0 amide bonds. The molecule has 1 aromatic carbocycles. The van der Waals surface area contributed by atoms with Gasteiger partial charge in [0, 0.05) is 37.0 Å². The van der Waals surface area contributed by atoms with Crippen molar-refractivity contribution in [3.8, 4) is 0 Å². The van der Waals surface area contributed by atoms with E-state index < -0.39 is 0 Å². The maximum Gasteiger partial charge on any atom is 0.170 e. The van der Waals surface area contributed by atoms with Crippen molar-refractivity contribution >= 4 is 28.4 Å². The monoisotopic (exact) mass is 357 g/mol. The number of nitrogens with one attached hydrogen (secondary N) is 2. The van der Waals surface area contributed by atoms with Crippen molar-refractivity contribution in [3.63, 3.8) is 0 Å². The van der Waals surface area contributed by atoms with Crippen molar-refractivity contribution in [1.82, 2.24) is 0 Å². The third-order valence-electron chi connectivity index (χ3n) is 5.40. The molecule has 1 fully saturated rings. The van der Waals surface area contributed by atoms with Crippen LogP contribution in [0.25, 0.3) is 5.57 Å². The van der Waals surface area contributed by atoms with Gasteiger partial charge in [0.2, 0.25) is 0 Å². The lowest BCUT2D eigenvalue weighted by Crippen LogP contribution is -2.26. The Labute approximate surface area is 155 Å². The van der Waals surface area contributed by atoms with Gasteiger partial charge >= 0.3 is 0 Å². The molecule has 0 saturated heterocycles. The second-order valence-electron chi connectivity index (χ2n) is 7.10. The van der Waals surface area contributed by atoms with Crippen molar-refractivity contribution in [2.75, 3.05) is 29.1 Å². The lowest BCUT2D eigenvalue weighted by atomic mass is 9.90. The molecule has 5 heteroatoms. The number of hydrogen-bond acceptors (Lipinski definition) is 4. The van der Waals surface area contributed by atoms with E-state index in [0.29, 0.717) is 40.7 Å². The van der Waals surface area contributed by atoms with E-state index in [1.807, 2.05) is 24.1 Å². The molecule has 0 aromatic heterocycles. The minimum absolute atomic E-state index is 0.0639. The second kappa shape index (κ2) is 7.52. The number of carbonyl (C=O) groups excluding carboxylic acids is 1. The molecule has 3 rings (SSSR count). The highest BCUT2D eigenvalue weighted by molar-refractivity contribution is 6.13. The number of benzene rings is 1. The first kappa shape index (κ1) is 18.5. The van der Waals surface area contributed by atoms with Crippen molar-refractivity contribution in [3.05, 3.63) is 35.8 Å². The number of carbonyl (C=O) groups is 1. The van der Waals surface area contributed by atoms with Crippen molar-refractivity contribution in [2.45, 2.75) is 52.0 Å². The highest BCUT2D eigenvalue weighted by Crippen LogP contribution is 2.45. The van der Waals surface area contributed by atoms with Crippen LogP contribution in [0.4, 0.5) is 21.5 Å². The Kier molecular flexibility index (Phi) is 5.35. The Morgan fingerprint density at radius 1 is 1.35 bits per heavy atom. The van der Waals surface area contributed by atoms with Crippen molar-refractivity contribution in [1.29, 1.82) is 0 Å². The molecule has 1 aromatic rings. The Morgan fingerprint density at radius 3 is 2.62 bits per heavy atom. The maximum atomic E-state index is 15.3. The van der Waals surface area contributed by atoms with Gasteiger partial charge in [-0.05, 0) is 38.3 Å². The van der Waals surface area contributed by atoms with Gasteiger partial charge in [-0.3, -0.25) is 4.79 Å².